The lowest BCUT2D eigenvalue weighted by atomic mass is 9.81. The predicted molar refractivity (Wildman–Crippen MR) is 102 cm³/mol. The van der Waals surface area contributed by atoms with Gasteiger partial charge in [0.2, 0.25) is 11.8 Å². The Balaban J connectivity index is 1.56. The summed E-state index contributed by atoms with van der Waals surface area (Å²) in [7, 11) is 0. The molecule has 6 nitrogen and oxygen atoms in total. The molecule has 138 valence electrons. The highest BCUT2D eigenvalue weighted by atomic mass is 35.5. The molecule has 0 radical (unpaired) electrons. The van der Waals surface area contributed by atoms with E-state index in [0.717, 1.165) is 25.7 Å². The van der Waals surface area contributed by atoms with Crippen LogP contribution >= 0.6 is 11.6 Å². The fourth-order valence-electron chi connectivity index (χ4n) is 3.86. The summed E-state index contributed by atoms with van der Waals surface area (Å²) in [6, 6.07) is 9.83. The van der Waals surface area contributed by atoms with Crippen LogP contribution in [0.3, 0.4) is 0 Å². The molecule has 1 N–H and O–H groups in total. The van der Waals surface area contributed by atoms with Crippen LogP contribution < -0.4 is 10.2 Å². The van der Waals surface area contributed by atoms with Gasteiger partial charge in [0.1, 0.15) is 5.69 Å². The minimum absolute atomic E-state index is 0.170. The smallest absolute Gasteiger partial charge is 0.274 e. The molecule has 1 aliphatic carbocycles. The number of aromatic nitrogens is 1. The monoisotopic (exact) mass is 383 g/mol. The average Bonchev–Trinajstić information content (AvgIpc) is 2.94. The lowest BCUT2D eigenvalue weighted by Crippen LogP contribution is -2.31. The minimum Gasteiger partial charge on any atom is -0.321 e. The maximum atomic E-state index is 12.7. The van der Waals surface area contributed by atoms with Gasteiger partial charge in [-0.15, -0.1) is 0 Å². The van der Waals surface area contributed by atoms with Gasteiger partial charge in [0.15, 0.2) is 0 Å². The van der Waals surface area contributed by atoms with Crippen LogP contribution in [0, 0.1) is 11.8 Å². The van der Waals surface area contributed by atoms with E-state index >= 15 is 0 Å². The molecule has 1 aromatic heterocycles. The Labute approximate surface area is 161 Å². The molecule has 4 rings (SSSR count). The van der Waals surface area contributed by atoms with E-state index < -0.39 is 0 Å². The lowest BCUT2D eigenvalue weighted by Gasteiger charge is -2.19. The number of carbonyl (C=O) groups is 3. The van der Waals surface area contributed by atoms with Gasteiger partial charge in [0.05, 0.1) is 22.5 Å². The molecule has 1 aromatic carbocycles. The Bertz CT molecular complexity index is 892. The molecule has 2 aliphatic rings. The Morgan fingerprint density at radius 2 is 1.78 bits per heavy atom. The second-order valence-corrected chi connectivity index (χ2v) is 7.25. The van der Waals surface area contributed by atoms with Gasteiger partial charge >= 0.3 is 0 Å². The summed E-state index contributed by atoms with van der Waals surface area (Å²) < 4.78 is 0. The maximum absolute atomic E-state index is 12.7. The van der Waals surface area contributed by atoms with Gasteiger partial charge in [-0.3, -0.25) is 19.4 Å². The number of carbonyl (C=O) groups excluding carboxylic acids is 3. The second-order valence-electron chi connectivity index (χ2n) is 6.84. The molecule has 0 spiro atoms. The Morgan fingerprint density at radius 3 is 2.37 bits per heavy atom. The van der Waals surface area contributed by atoms with E-state index in [0.29, 0.717) is 11.4 Å². The zero-order chi connectivity index (χ0) is 19.0. The van der Waals surface area contributed by atoms with E-state index in [2.05, 4.69) is 10.3 Å². The van der Waals surface area contributed by atoms with Crippen molar-refractivity contribution in [3.8, 4) is 0 Å². The van der Waals surface area contributed by atoms with Crippen molar-refractivity contribution in [2.75, 3.05) is 10.2 Å². The van der Waals surface area contributed by atoms with Crippen LogP contribution in [-0.4, -0.2) is 22.7 Å². The van der Waals surface area contributed by atoms with Crippen LogP contribution in [-0.2, 0) is 9.59 Å². The molecule has 7 heteroatoms. The molecule has 0 bridgehead atoms. The van der Waals surface area contributed by atoms with Gasteiger partial charge in [0, 0.05) is 11.9 Å². The largest absolute Gasteiger partial charge is 0.321 e. The van der Waals surface area contributed by atoms with E-state index in [1.54, 1.807) is 36.4 Å². The van der Waals surface area contributed by atoms with E-state index in [-0.39, 0.29) is 40.3 Å². The molecule has 3 amide bonds. The first-order valence-electron chi connectivity index (χ1n) is 8.96. The number of nitrogens with zero attached hydrogens (tertiary/aromatic N) is 2. The maximum Gasteiger partial charge on any atom is 0.274 e. The van der Waals surface area contributed by atoms with Crippen LogP contribution in [0.2, 0.25) is 5.02 Å². The summed E-state index contributed by atoms with van der Waals surface area (Å²) in [5.74, 6) is -1.16. The summed E-state index contributed by atoms with van der Waals surface area (Å²) >= 11 is 6.35. The van der Waals surface area contributed by atoms with Crippen molar-refractivity contribution in [2.24, 2.45) is 11.8 Å². The molecule has 27 heavy (non-hydrogen) atoms. The van der Waals surface area contributed by atoms with Crippen molar-refractivity contribution in [3.63, 3.8) is 0 Å². The molecule has 2 aromatic rings. The number of pyridine rings is 1. The SMILES string of the molecule is O=C(Nc1ccc(N2C(=O)[C@H]3CCCC[C@H]3C2=O)c(Cl)c1)c1ccccn1. The van der Waals surface area contributed by atoms with E-state index in [1.165, 1.54) is 11.1 Å². The number of rotatable bonds is 3. The van der Waals surface area contributed by atoms with Gasteiger partial charge in [-0.05, 0) is 43.2 Å². The molecule has 1 saturated heterocycles. The van der Waals surface area contributed by atoms with Crippen molar-refractivity contribution in [3.05, 3.63) is 53.3 Å². The number of nitrogens with one attached hydrogen (secondary N) is 1. The zero-order valence-electron chi connectivity index (χ0n) is 14.5. The average molecular weight is 384 g/mol. The van der Waals surface area contributed by atoms with E-state index in [1.807, 2.05) is 0 Å². The molecule has 0 unspecified atom stereocenters. The van der Waals surface area contributed by atoms with E-state index in [9.17, 15) is 14.4 Å². The number of benzene rings is 1. The molecular weight excluding hydrogens is 366 g/mol. The van der Waals surface area contributed by atoms with Crippen molar-refractivity contribution in [2.45, 2.75) is 25.7 Å². The van der Waals surface area contributed by atoms with Crippen LogP contribution in [0.5, 0.6) is 0 Å². The highest BCUT2D eigenvalue weighted by Gasteiger charge is 2.49. The van der Waals surface area contributed by atoms with Gasteiger partial charge in [-0.2, -0.15) is 0 Å². The molecule has 1 aliphatic heterocycles. The normalized spacial score (nSPS) is 21.9. The topological polar surface area (TPSA) is 79.4 Å². The van der Waals surface area contributed by atoms with Crippen molar-refractivity contribution in [1.29, 1.82) is 0 Å². The summed E-state index contributed by atoms with van der Waals surface area (Å²) in [4.78, 5) is 42.9. The number of hydrogen-bond donors (Lipinski definition) is 1. The lowest BCUT2D eigenvalue weighted by molar-refractivity contribution is -0.122. The van der Waals surface area contributed by atoms with Crippen LogP contribution in [0.4, 0.5) is 11.4 Å². The molecule has 1 saturated carbocycles. The number of anilines is 2. The van der Waals surface area contributed by atoms with Crippen molar-refractivity contribution < 1.29 is 14.4 Å². The number of amides is 3. The summed E-state index contributed by atoms with van der Waals surface area (Å²) in [5.41, 5.74) is 1.12. The molecule has 2 atom stereocenters. The quantitative estimate of drug-likeness (QED) is 0.820. The molecule has 2 fully saturated rings. The highest BCUT2D eigenvalue weighted by molar-refractivity contribution is 6.36. The Kier molecular flexibility index (Phi) is 4.66. The standard InChI is InChI=1S/C20H18ClN3O3/c21-15-11-12(23-18(25)16-7-3-4-10-22-16)8-9-17(15)24-19(26)13-5-1-2-6-14(13)20(24)27/h3-4,7-11,13-14H,1-2,5-6H2,(H,23,25)/t13-,14+. The fraction of sp³-hybridized carbons (Fsp3) is 0.300. The first-order chi connectivity index (χ1) is 13.1. The third-order valence-electron chi connectivity index (χ3n) is 5.19. The van der Waals surface area contributed by atoms with Crippen molar-refractivity contribution in [1.82, 2.24) is 4.98 Å². The summed E-state index contributed by atoms with van der Waals surface area (Å²) in [5, 5.41) is 2.96. The second kappa shape index (κ2) is 7.12. The third kappa shape index (κ3) is 3.21. The Hall–Kier alpha value is -2.73. The van der Waals surface area contributed by atoms with Gasteiger partial charge in [-0.1, -0.05) is 30.5 Å². The predicted octanol–water partition coefficient (Wildman–Crippen LogP) is 3.67. The first kappa shape index (κ1) is 17.7. The van der Waals surface area contributed by atoms with Gasteiger partial charge in [0.25, 0.3) is 5.91 Å². The minimum atomic E-state index is -0.362. The summed E-state index contributed by atoms with van der Waals surface area (Å²) in [6.07, 6.45) is 4.98. The fourth-order valence-corrected chi connectivity index (χ4v) is 4.12. The summed E-state index contributed by atoms with van der Waals surface area (Å²) in [6.45, 7) is 0. The Morgan fingerprint density at radius 1 is 1.07 bits per heavy atom. The van der Waals surface area contributed by atoms with Crippen LogP contribution in [0.25, 0.3) is 0 Å². The molecule has 2 heterocycles. The third-order valence-corrected chi connectivity index (χ3v) is 5.49. The number of halogens is 1. The van der Waals surface area contributed by atoms with Crippen LogP contribution in [0.1, 0.15) is 36.2 Å². The number of imide groups is 1. The van der Waals surface area contributed by atoms with Gasteiger partial charge in [-0.25, -0.2) is 4.90 Å². The van der Waals surface area contributed by atoms with E-state index in [4.69, 9.17) is 11.6 Å². The first-order valence-corrected chi connectivity index (χ1v) is 9.34. The number of fused-ring (bicyclic) bond motifs is 1. The highest BCUT2D eigenvalue weighted by Crippen LogP contribution is 2.42. The van der Waals surface area contributed by atoms with Gasteiger partial charge < -0.3 is 5.32 Å². The molecular formula is C20H18ClN3O3. The van der Waals surface area contributed by atoms with Crippen molar-refractivity contribution >= 4 is 40.7 Å². The van der Waals surface area contributed by atoms with Crippen LogP contribution in [0.15, 0.2) is 42.6 Å². The zero-order valence-corrected chi connectivity index (χ0v) is 15.3. The number of hydrogen-bond acceptors (Lipinski definition) is 4.